The molecular formula is C16H16FN. The minimum Gasteiger partial charge on any atom is -0.370 e. The van der Waals surface area contributed by atoms with Crippen LogP contribution in [0.15, 0.2) is 61.2 Å². The van der Waals surface area contributed by atoms with Gasteiger partial charge in [0.15, 0.2) is 0 Å². The second-order valence-electron chi connectivity index (χ2n) is 4.30. The van der Waals surface area contributed by atoms with E-state index in [9.17, 15) is 4.39 Å². The van der Waals surface area contributed by atoms with Crippen LogP contribution >= 0.6 is 0 Å². The summed E-state index contributed by atoms with van der Waals surface area (Å²) in [4.78, 5) is 2.06. The van der Waals surface area contributed by atoms with Crippen LogP contribution in [0.5, 0.6) is 0 Å². The number of hydrogen-bond donors (Lipinski definition) is 0. The van der Waals surface area contributed by atoms with Gasteiger partial charge in [0.25, 0.3) is 0 Å². The second kappa shape index (κ2) is 5.50. The Morgan fingerprint density at radius 2 is 1.67 bits per heavy atom. The van der Waals surface area contributed by atoms with Crippen molar-refractivity contribution < 1.29 is 4.39 Å². The second-order valence-corrected chi connectivity index (χ2v) is 4.30. The first-order valence-corrected chi connectivity index (χ1v) is 5.87. The van der Waals surface area contributed by atoms with Crippen LogP contribution in [0.4, 0.5) is 4.39 Å². The zero-order valence-corrected chi connectivity index (χ0v) is 10.4. The molecule has 0 bridgehead atoms. The molecule has 0 saturated heterocycles. The number of benzene rings is 2. The van der Waals surface area contributed by atoms with Gasteiger partial charge in [-0.1, -0.05) is 49.0 Å². The van der Waals surface area contributed by atoms with Gasteiger partial charge in [-0.2, -0.15) is 0 Å². The van der Waals surface area contributed by atoms with Crippen LogP contribution in [0.3, 0.4) is 0 Å². The van der Waals surface area contributed by atoms with E-state index in [1.54, 1.807) is 12.1 Å². The fourth-order valence-corrected chi connectivity index (χ4v) is 1.82. The molecular weight excluding hydrogens is 225 g/mol. The summed E-state index contributed by atoms with van der Waals surface area (Å²) in [7, 11) is 1.98. The lowest BCUT2D eigenvalue weighted by Crippen LogP contribution is -2.15. The molecule has 2 rings (SSSR count). The van der Waals surface area contributed by atoms with E-state index in [0.29, 0.717) is 0 Å². The van der Waals surface area contributed by atoms with Crippen LogP contribution in [-0.2, 0) is 6.54 Å². The van der Waals surface area contributed by atoms with E-state index in [1.165, 1.54) is 17.7 Å². The third-order valence-corrected chi connectivity index (χ3v) is 2.90. The number of hydrogen-bond acceptors (Lipinski definition) is 1. The molecule has 0 spiro atoms. The smallest absolute Gasteiger partial charge is 0.123 e. The summed E-state index contributed by atoms with van der Waals surface area (Å²) < 4.78 is 12.9. The fraction of sp³-hybridized carbons (Fsp3) is 0.125. The standard InChI is InChI=1S/C16H16FN/c1-13(15-8-10-16(17)11-9-15)18(2)12-14-6-4-3-5-7-14/h3-11H,1,12H2,2H3. The van der Waals surface area contributed by atoms with Crippen LogP contribution in [0, 0.1) is 5.82 Å². The third-order valence-electron chi connectivity index (χ3n) is 2.90. The van der Waals surface area contributed by atoms with Crippen molar-refractivity contribution in [2.45, 2.75) is 6.54 Å². The van der Waals surface area contributed by atoms with Gasteiger partial charge in [0, 0.05) is 19.3 Å². The monoisotopic (exact) mass is 241 g/mol. The lowest BCUT2D eigenvalue weighted by atomic mass is 10.1. The molecule has 0 atom stereocenters. The number of nitrogens with zero attached hydrogens (tertiary/aromatic N) is 1. The van der Waals surface area contributed by atoms with Crippen molar-refractivity contribution in [2.24, 2.45) is 0 Å². The molecule has 0 aliphatic heterocycles. The fourth-order valence-electron chi connectivity index (χ4n) is 1.82. The van der Waals surface area contributed by atoms with Gasteiger partial charge in [-0.25, -0.2) is 4.39 Å². The molecule has 0 aromatic heterocycles. The average Bonchev–Trinajstić information content (AvgIpc) is 2.40. The molecule has 0 aliphatic rings. The maximum Gasteiger partial charge on any atom is 0.123 e. The summed E-state index contributed by atoms with van der Waals surface area (Å²) in [6.07, 6.45) is 0. The third kappa shape index (κ3) is 2.98. The van der Waals surface area contributed by atoms with Crippen LogP contribution in [0.1, 0.15) is 11.1 Å². The van der Waals surface area contributed by atoms with E-state index < -0.39 is 0 Å². The van der Waals surface area contributed by atoms with Gasteiger partial charge in [0.1, 0.15) is 5.82 Å². The lowest BCUT2D eigenvalue weighted by Gasteiger charge is -2.22. The van der Waals surface area contributed by atoms with Crippen molar-refractivity contribution in [3.05, 3.63) is 78.1 Å². The number of halogens is 1. The largest absolute Gasteiger partial charge is 0.370 e. The lowest BCUT2D eigenvalue weighted by molar-refractivity contribution is 0.476. The maximum absolute atomic E-state index is 12.9. The molecule has 92 valence electrons. The SMILES string of the molecule is C=C(c1ccc(F)cc1)N(C)Cc1ccccc1. The minimum atomic E-state index is -0.225. The zero-order valence-electron chi connectivity index (χ0n) is 10.4. The van der Waals surface area contributed by atoms with Crippen molar-refractivity contribution in [2.75, 3.05) is 7.05 Å². The van der Waals surface area contributed by atoms with Gasteiger partial charge < -0.3 is 4.90 Å². The summed E-state index contributed by atoms with van der Waals surface area (Å²) >= 11 is 0. The Bertz CT molecular complexity index is 517. The molecule has 0 heterocycles. The van der Waals surface area contributed by atoms with Gasteiger partial charge in [-0.15, -0.1) is 0 Å². The van der Waals surface area contributed by atoms with Gasteiger partial charge in [0.2, 0.25) is 0 Å². The summed E-state index contributed by atoms with van der Waals surface area (Å²) in [6.45, 7) is 4.84. The molecule has 0 N–H and O–H groups in total. The summed E-state index contributed by atoms with van der Waals surface area (Å²) in [5.41, 5.74) is 3.05. The average molecular weight is 241 g/mol. The summed E-state index contributed by atoms with van der Waals surface area (Å²) in [6, 6.07) is 16.6. The Labute approximate surface area is 107 Å². The molecule has 2 heteroatoms. The van der Waals surface area contributed by atoms with Crippen LogP contribution < -0.4 is 0 Å². The molecule has 0 unspecified atom stereocenters. The molecule has 0 amide bonds. The predicted octanol–water partition coefficient (Wildman–Crippen LogP) is 3.93. The van der Waals surface area contributed by atoms with Crippen LogP contribution in [0.25, 0.3) is 5.70 Å². The highest BCUT2D eigenvalue weighted by molar-refractivity contribution is 5.61. The molecule has 0 fully saturated rings. The van der Waals surface area contributed by atoms with Crippen LogP contribution in [0.2, 0.25) is 0 Å². The molecule has 18 heavy (non-hydrogen) atoms. The van der Waals surface area contributed by atoms with E-state index in [-0.39, 0.29) is 5.82 Å². The van der Waals surface area contributed by atoms with Crippen molar-refractivity contribution in [3.8, 4) is 0 Å². The van der Waals surface area contributed by atoms with Crippen molar-refractivity contribution in [3.63, 3.8) is 0 Å². The van der Waals surface area contributed by atoms with Crippen molar-refractivity contribution >= 4 is 5.70 Å². The van der Waals surface area contributed by atoms with E-state index in [4.69, 9.17) is 0 Å². The van der Waals surface area contributed by atoms with Crippen molar-refractivity contribution in [1.29, 1.82) is 0 Å². The predicted molar refractivity (Wildman–Crippen MR) is 73.3 cm³/mol. The Morgan fingerprint density at radius 3 is 2.28 bits per heavy atom. The van der Waals surface area contributed by atoms with E-state index in [1.807, 2.05) is 25.2 Å². The number of rotatable bonds is 4. The van der Waals surface area contributed by atoms with Gasteiger partial charge >= 0.3 is 0 Å². The highest BCUT2D eigenvalue weighted by Crippen LogP contribution is 2.18. The Balaban J connectivity index is 2.07. The molecule has 0 saturated carbocycles. The summed E-state index contributed by atoms with van der Waals surface area (Å²) in [5.74, 6) is -0.225. The quantitative estimate of drug-likeness (QED) is 0.784. The zero-order chi connectivity index (χ0) is 13.0. The molecule has 1 nitrogen and oxygen atoms in total. The first-order valence-electron chi connectivity index (χ1n) is 5.87. The first-order chi connectivity index (χ1) is 8.66. The Kier molecular flexibility index (Phi) is 3.78. The maximum atomic E-state index is 12.9. The van der Waals surface area contributed by atoms with Crippen molar-refractivity contribution in [1.82, 2.24) is 4.90 Å². The molecule has 2 aromatic rings. The first kappa shape index (κ1) is 12.4. The summed E-state index contributed by atoms with van der Waals surface area (Å²) in [5, 5.41) is 0. The van der Waals surface area contributed by atoms with E-state index in [0.717, 1.165) is 17.8 Å². The normalized spacial score (nSPS) is 10.1. The highest BCUT2D eigenvalue weighted by Gasteiger charge is 2.05. The topological polar surface area (TPSA) is 3.24 Å². The highest BCUT2D eigenvalue weighted by atomic mass is 19.1. The van der Waals surface area contributed by atoms with Gasteiger partial charge in [-0.05, 0) is 23.3 Å². The molecule has 0 aliphatic carbocycles. The van der Waals surface area contributed by atoms with E-state index >= 15 is 0 Å². The van der Waals surface area contributed by atoms with Gasteiger partial charge in [-0.3, -0.25) is 0 Å². The molecule has 0 radical (unpaired) electrons. The Morgan fingerprint density at radius 1 is 1.06 bits per heavy atom. The van der Waals surface area contributed by atoms with Gasteiger partial charge in [0.05, 0.1) is 0 Å². The minimum absolute atomic E-state index is 0.225. The van der Waals surface area contributed by atoms with E-state index in [2.05, 4.69) is 23.6 Å². The van der Waals surface area contributed by atoms with Crippen LogP contribution in [-0.4, -0.2) is 11.9 Å². The molecule has 2 aromatic carbocycles. The Hall–Kier alpha value is -2.09.